The van der Waals surface area contributed by atoms with Crippen molar-refractivity contribution in [3.05, 3.63) is 12.3 Å². The van der Waals surface area contributed by atoms with Gasteiger partial charge in [0.15, 0.2) is 0 Å². The molecule has 0 radical (unpaired) electrons. The molecule has 0 spiro atoms. The van der Waals surface area contributed by atoms with E-state index in [-0.39, 0.29) is 5.41 Å². The molecule has 0 saturated carbocycles. The highest BCUT2D eigenvalue weighted by molar-refractivity contribution is 4.86. The van der Waals surface area contributed by atoms with Crippen LogP contribution in [0.1, 0.15) is 20.8 Å². The van der Waals surface area contributed by atoms with E-state index in [1.54, 1.807) is 13.4 Å². The number of allylic oxidation sites excluding steroid dienone is 1. The van der Waals surface area contributed by atoms with Crippen molar-refractivity contribution in [1.29, 1.82) is 0 Å². The Kier molecular flexibility index (Phi) is 2.59. The Balaban J connectivity index is 3.52. The van der Waals surface area contributed by atoms with Crippen molar-refractivity contribution in [2.75, 3.05) is 7.11 Å². The third-order valence-corrected chi connectivity index (χ3v) is 0.704. The Morgan fingerprint density at radius 1 is 1.25 bits per heavy atom. The Labute approximate surface area is 51.4 Å². The first-order valence-corrected chi connectivity index (χ1v) is 2.77. The number of rotatable bonds is 1. The molecule has 0 saturated heterocycles. The van der Waals surface area contributed by atoms with Gasteiger partial charge < -0.3 is 4.74 Å². The van der Waals surface area contributed by atoms with Gasteiger partial charge in [0.2, 0.25) is 0 Å². The van der Waals surface area contributed by atoms with Gasteiger partial charge in [0.25, 0.3) is 0 Å². The summed E-state index contributed by atoms with van der Waals surface area (Å²) in [7, 11) is 1.66. The summed E-state index contributed by atoms with van der Waals surface area (Å²) >= 11 is 0. The van der Waals surface area contributed by atoms with Crippen molar-refractivity contribution in [3.63, 3.8) is 0 Å². The molecule has 0 aliphatic rings. The Morgan fingerprint density at radius 2 is 1.75 bits per heavy atom. The number of ether oxygens (including phenoxy) is 1. The van der Waals surface area contributed by atoms with Crippen LogP contribution >= 0.6 is 0 Å². The first-order chi connectivity index (χ1) is 3.56. The van der Waals surface area contributed by atoms with E-state index in [1.165, 1.54) is 0 Å². The molecule has 0 N–H and O–H groups in total. The minimum absolute atomic E-state index is 0.246. The lowest BCUT2D eigenvalue weighted by molar-refractivity contribution is 0.329. The SMILES string of the molecule is CO/C=C\C(C)(C)C. The minimum Gasteiger partial charge on any atom is -0.505 e. The largest absolute Gasteiger partial charge is 0.505 e. The van der Waals surface area contributed by atoms with Gasteiger partial charge in [0, 0.05) is 0 Å². The van der Waals surface area contributed by atoms with Crippen LogP contribution in [0.15, 0.2) is 12.3 Å². The Bertz CT molecular complexity index is 76.9. The van der Waals surface area contributed by atoms with Gasteiger partial charge in [-0.25, -0.2) is 0 Å². The van der Waals surface area contributed by atoms with E-state index in [0.717, 1.165) is 0 Å². The summed E-state index contributed by atoms with van der Waals surface area (Å²) in [6.45, 7) is 6.38. The van der Waals surface area contributed by atoms with Crippen LogP contribution in [-0.4, -0.2) is 7.11 Å². The number of hydrogen-bond acceptors (Lipinski definition) is 1. The molecule has 0 aromatic heterocycles. The first kappa shape index (κ1) is 7.54. The van der Waals surface area contributed by atoms with Gasteiger partial charge in [0.05, 0.1) is 13.4 Å². The van der Waals surface area contributed by atoms with Crippen LogP contribution in [0.5, 0.6) is 0 Å². The van der Waals surface area contributed by atoms with E-state index in [1.807, 2.05) is 6.08 Å². The molecule has 0 bridgehead atoms. The van der Waals surface area contributed by atoms with Crippen LogP contribution in [-0.2, 0) is 4.74 Å². The maximum Gasteiger partial charge on any atom is 0.0790 e. The highest BCUT2D eigenvalue weighted by Crippen LogP contribution is 2.13. The van der Waals surface area contributed by atoms with Gasteiger partial charge in [-0.2, -0.15) is 0 Å². The van der Waals surface area contributed by atoms with E-state index in [2.05, 4.69) is 20.8 Å². The van der Waals surface area contributed by atoms with Gasteiger partial charge >= 0.3 is 0 Å². The summed E-state index contributed by atoms with van der Waals surface area (Å²) in [6, 6.07) is 0. The molecule has 0 aliphatic carbocycles. The molecule has 0 atom stereocenters. The van der Waals surface area contributed by atoms with Gasteiger partial charge in [-0.1, -0.05) is 20.8 Å². The maximum atomic E-state index is 4.74. The topological polar surface area (TPSA) is 9.23 Å². The fourth-order valence-corrected chi connectivity index (χ4v) is 0.272. The second-order valence-electron chi connectivity index (χ2n) is 2.90. The van der Waals surface area contributed by atoms with Crippen molar-refractivity contribution in [2.24, 2.45) is 5.41 Å². The van der Waals surface area contributed by atoms with Crippen molar-refractivity contribution in [1.82, 2.24) is 0 Å². The summed E-state index contributed by atoms with van der Waals surface area (Å²) in [5.74, 6) is 0. The predicted octanol–water partition coefficient (Wildman–Crippen LogP) is 2.19. The summed E-state index contributed by atoms with van der Waals surface area (Å²) in [4.78, 5) is 0. The molecular formula is C7H14O. The Morgan fingerprint density at radius 3 is 1.88 bits per heavy atom. The van der Waals surface area contributed by atoms with Crippen LogP contribution in [0.25, 0.3) is 0 Å². The monoisotopic (exact) mass is 114 g/mol. The van der Waals surface area contributed by atoms with E-state index in [0.29, 0.717) is 0 Å². The normalized spacial score (nSPS) is 12.5. The molecule has 0 heterocycles. The van der Waals surface area contributed by atoms with Crippen LogP contribution in [0, 0.1) is 5.41 Å². The number of methoxy groups -OCH3 is 1. The zero-order chi connectivity index (χ0) is 6.62. The zero-order valence-corrected chi connectivity index (χ0v) is 6.06. The minimum atomic E-state index is 0.246. The van der Waals surface area contributed by atoms with Crippen LogP contribution in [0.3, 0.4) is 0 Å². The van der Waals surface area contributed by atoms with Crippen molar-refractivity contribution in [3.8, 4) is 0 Å². The van der Waals surface area contributed by atoms with Gasteiger partial charge in [0.1, 0.15) is 0 Å². The molecule has 0 fully saturated rings. The quantitative estimate of drug-likeness (QED) is 0.475. The van der Waals surface area contributed by atoms with E-state index in [4.69, 9.17) is 4.74 Å². The van der Waals surface area contributed by atoms with E-state index >= 15 is 0 Å². The summed E-state index contributed by atoms with van der Waals surface area (Å²) in [5.41, 5.74) is 0.246. The molecule has 1 heteroatoms. The average molecular weight is 114 g/mol. The highest BCUT2D eigenvalue weighted by Gasteiger charge is 2.02. The lowest BCUT2D eigenvalue weighted by Crippen LogP contribution is -1.98. The summed E-state index contributed by atoms with van der Waals surface area (Å²) in [6.07, 6.45) is 3.73. The standard InChI is InChI=1S/C7H14O/c1-7(2,3)5-6-8-4/h5-6H,1-4H3/b6-5-. The average Bonchev–Trinajstić information content (AvgIpc) is 1.59. The molecule has 1 nitrogen and oxygen atoms in total. The van der Waals surface area contributed by atoms with Crippen LogP contribution < -0.4 is 0 Å². The molecule has 0 unspecified atom stereocenters. The molecule has 0 aliphatic heterocycles. The predicted molar refractivity (Wildman–Crippen MR) is 35.6 cm³/mol. The van der Waals surface area contributed by atoms with Crippen molar-refractivity contribution >= 4 is 0 Å². The van der Waals surface area contributed by atoms with E-state index < -0.39 is 0 Å². The van der Waals surface area contributed by atoms with Crippen molar-refractivity contribution < 1.29 is 4.74 Å². The summed E-state index contributed by atoms with van der Waals surface area (Å²) in [5, 5.41) is 0. The lowest BCUT2D eigenvalue weighted by Gasteiger charge is -2.09. The lowest BCUT2D eigenvalue weighted by atomic mass is 9.97. The molecule has 0 aromatic rings. The second-order valence-corrected chi connectivity index (χ2v) is 2.90. The van der Waals surface area contributed by atoms with Crippen LogP contribution in [0.2, 0.25) is 0 Å². The zero-order valence-electron chi connectivity index (χ0n) is 6.06. The first-order valence-electron chi connectivity index (χ1n) is 2.77. The van der Waals surface area contributed by atoms with Gasteiger partial charge in [-0.3, -0.25) is 0 Å². The third-order valence-electron chi connectivity index (χ3n) is 0.704. The molecule has 48 valence electrons. The maximum absolute atomic E-state index is 4.74. The number of hydrogen-bond donors (Lipinski definition) is 0. The molecular weight excluding hydrogens is 100 g/mol. The molecule has 0 aromatic carbocycles. The smallest absolute Gasteiger partial charge is 0.0790 e. The van der Waals surface area contributed by atoms with Crippen molar-refractivity contribution in [2.45, 2.75) is 20.8 Å². The van der Waals surface area contributed by atoms with E-state index in [9.17, 15) is 0 Å². The molecule has 8 heavy (non-hydrogen) atoms. The van der Waals surface area contributed by atoms with Gasteiger partial charge in [-0.15, -0.1) is 0 Å². The van der Waals surface area contributed by atoms with Gasteiger partial charge in [-0.05, 0) is 11.5 Å². The summed E-state index contributed by atoms with van der Waals surface area (Å²) < 4.78 is 4.74. The Hall–Kier alpha value is -0.460. The second kappa shape index (κ2) is 2.75. The third kappa shape index (κ3) is 5.54. The fourth-order valence-electron chi connectivity index (χ4n) is 0.272. The molecule has 0 rings (SSSR count). The fraction of sp³-hybridized carbons (Fsp3) is 0.714. The highest BCUT2D eigenvalue weighted by atomic mass is 16.5. The molecule has 0 amide bonds. The van der Waals surface area contributed by atoms with Crippen LogP contribution in [0.4, 0.5) is 0 Å².